The van der Waals surface area contributed by atoms with Gasteiger partial charge in [-0.3, -0.25) is 19.0 Å². The van der Waals surface area contributed by atoms with Gasteiger partial charge in [-0.05, 0) is 71.9 Å². The second kappa shape index (κ2) is 8.94. The van der Waals surface area contributed by atoms with Crippen molar-refractivity contribution in [3.63, 3.8) is 0 Å². The van der Waals surface area contributed by atoms with Crippen LogP contribution in [0.1, 0.15) is 48.7 Å². The summed E-state index contributed by atoms with van der Waals surface area (Å²) in [7, 11) is 1.52. The molecule has 0 unspecified atom stereocenters. The van der Waals surface area contributed by atoms with Gasteiger partial charge in [0.2, 0.25) is 5.91 Å². The molecule has 0 fully saturated rings. The molecule has 0 saturated carbocycles. The molecule has 0 aliphatic heterocycles. The molecule has 2 heterocycles. The SMILES string of the molecule is Cc1cc(C)n([C@H](C)C(=O)N(C)c2ccc(NC(=O)[C@H](C)n3nc(C)cc3C)cc2F)n1. The maximum absolute atomic E-state index is 14.9. The van der Waals surface area contributed by atoms with E-state index >= 15 is 0 Å². The Bertz CT molecular complexity index is 1170. The Balaban J connectivity index is 1.74. The Kier molecular flexibility index (Phi) is 6.47. The molecule has 3 aromatic rings. The number of halogens is 1. The van der Waals surface area contributed by atoms with Crippen LogP contribution in [0.15, 0.2) is 30.3 Å². The van der Waals surface area contributed by atoms with Crippen molar-refractivity contribution in [3.8, 4) is 0 Å². The lowest BCUT2D eigenvalue weighted by molar-refractivity contribution is -0.121. The summed E-state index contributed by atoms with van der Waals surface area (Å²) >= 11 is 0. The van der Waals surface area contributed by atoms with Crippen molar-refractivity contribution in [1.82, 2.24) is 19.6 Å². The lowest BCUT2D eigenvalue weighted by Gasteiger charge is -2.23. The highest BCUT2D eigenvalue weighted by Gasteiger charge is 2.25. The van der Waals surface area contributed by atoms with Crippen molar-refractivity contribution in [2.75, 3.05) is 17.3 Å². The standard InChI is InChI=1S/C23H29FN6O2/c1-13-10-15(3)29(26-13)17(5)22(31)25-19-8-9-21(20(24)12-19)28(7)23(32)18(6)30-16(4)11-14(2)27-30/h8-12,17-18H,1-7H3,(H,25,31)/t17-,18+/m0/s1. The minimum absolute atomic E-state index is 0.118. The molecule has 9 heteroatoms. The van der Waals surface area contributed by atoms with Crippen molar-refractivity contribution in [3.05, 3.63) is 58.9 Å². The molecule has 2 aromatic heterocycles. The molecule has 2 atom stereocenters. The number of carbonyl (C=O) groups is 2. The van der Waals surface area contributed by atoms with Crippen LogP contribution >= 0.6 is 0 Å². The van der Waals surface area contributed by atoms with Crippen LogP contribution in [0.5, 0.6) is 0 Å². The lowest BCUT2D eigenvalue weighted by Crippen LogP contribution is -2.34. The zero-order valence-electron chi connectivity index (χ0n) is 19.5. The Labute approximate surface area is 187 Å². The van der Waals surface area contributed by atoms with Crippen LogP contribution in [0, 0.1) is 33.5 Å². The third-order valence-corrected chi connectivity index (χ3v) is 5.47. The lowest BCUT2D eigenvalue weighted by atomic mass is 10.2. The van der Waals surface area contributed by atoms with Crippen molar-refractivity contribution in [2.24, 2.45) is 0 Å². The fraction of sp³-hybridized carbons (Fsp3) is 0.391. The predicted molar refractivity (Wildman–Crippen MR) is 121 cm³/mol. The molecule has 0 spiro atoms. The number of nitrogens with zero attached hydrogens (tertiary/aromatic N) is 5. The van der Waals surface area contributed by atoms with E-state index in [4.69, 9.17) is 0 Å². The van der Waals surface area contributed by atoms with E-state index in [0.29, 0.717) is 5.69 Å². The number of anilines is 2. The fourth-order valence-electron chi connectivity index (χ4n) is 3.79. The normalized spacial score (nSPS) is 13.0. The van der Waals surface area contributed by atoms with Gasteiger partial charge in [0.25, 0.3) is 5.91 Å². The Morgan fingerprint density at radius 1 is 0.938 bits per heavy atom. The van der Waals surface area contributed by atoms with Crippen LogP contribution in [0.25, 0.3) is 0 Å². The predicted octanol–water partition coefficient (Wildman–Crippen LogP) is 3.88. The number of aromatic nitrogens is 4. The molecule has 0 saturated heterocycles. The van der Waals surface area contributed by atoms with Crippen LogP contribution in [0.2, 0.25) is 0 Å². The zero-order chi connectivity index (χ0) is 23.7. The van der Waals surface area contributed by atoms with Crippen LogP contribution < -0.4 is 10.2 Å². The topological polar surface area (TPSA) is 85.0 Å². The van der Waals surface area contributed by atoms with E-state index in [1.807, 2.05) is 39.8 Å². The number of carbonyl (C=O) groups excluding carboxylic acids is 2. The summed E-state index contributed by atoms with van der Waals surface area (Å²) < 4.78 is 18.1. The average molecular weight is 441 g/mol. The Morgan fingerprint density at radius 2 is 1.47 bits per heavy atom. The summed E-state index contributed by atoms with van der Waals surface area (Å²) in [5.41, 5.74) is 3.77. The number of rotatable bonds is 6. The first-order valence-corrected chi connectivity index (χ1v) is 10.4. The first-order chi connectivity index (χ1) is 15.0. The van der Waals surface area contributed by atoms with Gasteiger partial charge < -0.3 is 10.2 Å². The maximum Gasteiger partial charge on any atom is 0.251 e. The van der Waals surface area contributed by atoms with Crippen LogP contribution in [-0.4, -0.2) is 38.4 Å². The third kappa shape index (κ3) is 4.56. The number of hydrogen-bond donors (Lipinski definition) is 1. The zero-order valence-corrected chi connectivity index (χ0v) is 19.5. The Morgan fingerprint density at radius 3 is 1.94 bits per heavy atom. The molecule has 0 aliphatic rings. The monoisotopic (exact) mass is 440 g/mol. The van der Waals surface area contributed by atoms with E-state index in [1.165, 1.54) is 24.1 Å². The molecule has 32 heavy (non-hydrogen) atoms. The second-order valence-corrected chi connectivity index (χ2v) is 8.15. The summed E-state index contributed by atoms with van der Waals surface area (Å²) in [6.45, 7) is 10.9. The molecule has 8 nitrogen and oxygen atoms in total. The van der Waals surface area contributed by atoms with Gasteiger partial charge in [-0.2, -0.15) is 10.2 Å². The molecular weight excluding hydrogens is 411 g/mol. The quantitative estimate of drug-likeness (QED) is 0.630. The molecule has 3 rings (SSSR count). The number of benzene rings is 1. The van der Waals surface area contributed by atoms with Crippen molar-refractivity contribution in [2.45, 2.75) is 53.6 Å². The van der Waals surface area contributed by atoms with Crippen molar-refractivity contribution < 1.29 is 14.0 Å². The van der Waals surface area contributed by atoms with Gasteiger partial charge in [0.1, 0.15) is 17.9 Å². The molecule has 1 N–H and O–H groups in total. The molecule has 0 bridgehead atoms. The summed E-state index contributed by atoms with van der Waals surface area (Å²) in [4.78, 5) is 26.8. The number of aryl methyl sites for hydroxylation is 4. The smallest absolute Gasteiger partial charge is 0.251 e. The van der Waals surface area contributed by atoms with Gasteiger partial charge in [-0.15, -0.1) is 0 Å². The van der Waals surface area contributed by atoms with Crippen molar-refractivity contribution >= 4 is 23.2 Å². The van der Waals surface area contributed by atoms with Gasteiger partial charge in [-0.25, -0.2) is 4.39 Å². The van der Waals surface area contributed by atoms with Gasteiger partial charge in [-0.1, -0.05) is 0 Å². The van der Waals surface area contributed by atoms with Crippen LogP contribution in [0.4, 0.5) is 15.8 Å². The number of amides is 2. The van der Waals surface area contributed by atoms with Crippen LogP contribution in [0.3, 0.4) is 0 Å². The first-order valence-electron chi connectivity index (χ1n) is 10.4. The van der Waals surface area contributed by atoms with Gasteiger partial charge in [0, 0.05) is 24.1 Å². The molecular formula is C23H29FN6O2. The molecule has 170 valence electrons. The molecule has 2 amide bonds. The third-order valence-electron chi connectivity index (χ3n) is 5.47. The number of hydrogen-bond acceptors (Lipinski definition) is 4. The van der Waals surface area contributed by atoms with E-state index in [9.17, 15) is 14.0 Å². The fourth-order valence-corrected chi connectivity index (χ4v) is 3.79. The summed E-state index contributed by atoms with van der Waals surface area (Å²) in [6, 6.07) is 6.88. The van der Waals surface area contributed by atoms with E-state index in [0.717, 1.165) is 22.8 Å². The summed E-state index contributed by atoms with van der Waals surface area (Å²) in [6.07, 6.45) is 0. The average Bonchev–Trinajstić information content (AvgIpc) is 3.25. The van der Waals surface area contributed by atoms with Gasteiger partial charge in [0.15, 0.2) is 0 Å². The van der Waals surface area contributed by atoms with E-state index in [2.05, 4.69) is 15.5 Å². The minimum atomic E-state index is -0.613. The first kappa shape index (κ1) is 23.2. The van der Waals surface area contributed by atoms with Crippen molar-refractivity contribution in [1.29, 1.82) is 0 Å². The van der Waals surface area contributed by atoms with Gasteiger partial charge >= 0.3 is 0 Å². The maximum atomic E-state index is 14.9. The summed E-state index contributed by atoms with van der Waals surface area (Å²) in [5.74, 6) is -1.23. The second-order valence-electron chi connectivity index (χ2n) is 8.15. The Hall–Kier alpha value is -3.49. The van der Waals surface area contributed by atoms with Crippen LogP contribution in [-0.2, 0) is 9.59 Å². The highest BCUT2D eigenvalue weighted by molar-refractivity contribution is 5.97. The molecule has 1 aromatic carbocycles. The molecule has 0 radical (unpaired) electrons. The highest BCUT2D eigenvalue weighted by Crippen LogP contribution is 2.25. The highest BCUT2D eigenvalue weighted by atomic mass is 19.1. The number of likely N-dealkylation sites (N-methyl/N-ethyl adjacent to an activating group) is 1. The number of nitrogens with one attached hydrogen (secondary N) is 1. The van der Waals surface area contributed by atoms with E-state index in [-0.39, 0.29) is 17.5 Å². The summed E-state index contributed by atoms with van der Waals surface area (Å²) in [5, 5.41) is 11.4. The van der Waals surface area contributed by atoms with Gasteiger partial charge in [0.05, 0.1) is 17.1 Å². The molecule has 0 aliphatic carbocycles. The minimum Gasteiger partial charge on any atom is -0.324 e. The van der Waals surface area contributed by atoms with E-state index in [1.54, 1.807) is 29.3 Å². The van der Waals surface area contributed by atoms with E-state index < -0.39 is 17.9 Å². The largest absolute Gasteiger partial charge is 0.324 e.